The summed E-state index contributed by atoms with van der Waals surface area (Å²) in [6.07, 6.45) is 22.6. The van der Waals surface area contributed by atoms with E-state index < -0.39 is 0 Å². The van der Waals surface area contributed by atoms with Gasteiger partial charge >= 0.3 is 0 Å². The van der Waals surface area contributed by atoms with Crippen LogP contribution in [0, 0.1) is 5.92 Å². The summed E-state index contributed by atoms with van der Waals surface area (Å²) in [4.78, 5) is 8.07. The highest BCUT2D eigenvalue weighted by atomic mass is 32.1. The molecule has 5 aromatic heterocycles. The van der Waals surface area contributed by atoms with Gasteiger partial charge in [0.25, 0.3) is 0 Å². The van der Waals surface area contributed by atoms with E-state index in [0.717, 1.165) is 30.0 Å². The van der Waals surface area contributed by atoms with Crippen LogP contribution in [-0.4, -0.2) is 28.9 Å². The first-order valence-electron chi connectivity index (χ1n) is 22.4. The van der Waals surface area contributed by atoms with Crippen molar-refractivity contribution in [3.8, 4) is 31.3 Å². The number of hydrogen-bond donors (Lipinski definition) is 1. The van der Waals surface area contributed by atoms with E-state index in [1.54, 1.807) is 0 Å². The van der Waals surface area contributed by atoms with Crippen molar-refractivity contribution < 1.29 is 0 Å². The lowest BCUT2D eigenvalue weighted by molar-refractivity contribution is 0.452. The van der Waals surface area contributed by atoms with Crippen LogP contribution in [0.1, 0.15) is 135 Å². The second-order valence-corrected chi connectivity index (χ2v) is 21.1. The van der Waals surface area contributed by atoms with Crippen molar-refractivity contribution in [2.75, 3.05) is 30.4 Å². The molecule has 58 heavy (non-hydrogen) atoms. The molecule has 0 saturated carbocycles. The molecule has 2 aromatic carbocycles. The Kier molecular flexibility index (Phi) is 16.1. The van der Waals surface area contributed by atoms with Gasteiger partial charge in [-0.2, -0.15) is 8.75 Å². The van der Waals surface area contributed by atoms with Gasteiger partial charge in [-0.1, -0.05) is 142 Å². The number of nitrogens with one attached hydrogen (secondary N) is 1. The van der Waals surface area contributed by atoms with Gasteiger partial charge in [-0.05, 0) is 61.1 Å². The Hall–Kier alpha value is -2.82. The Morgan fingerprint density at radius 3 is 1.88 bits per heavy atom. The summed E-state index contributed by atoms with van der Waals surface area (Å²) < 4.78 is 15.3. The summed E-state index contributed by atoms with van der Waals surface area (Å²) in [5.74, 6) is 0.795. The van der Waals surface area contributed by atoms with E-state index in [0.29, 0.717) is 0 Å². The van der Waals surface area contributed by atoms with Crippen molar-refractivity contribution >= 4 is 98.3 Å². The second kappa shape index (κ2) is 21.6. The van der Waals surface area contributed by atoms with Crippen LogP contribution in [0.15, 0.2) is 54.6 Å². The minimum atomic E-state index is 0.795. The van der Waals surface area contributed by atoms with E-state index in [4.69, 9.17) is 8.75 Å². The molecule has 0 saturated heterocycles. The lowest BCUT2D eigenvalue weighted by Crippen LogP contribution is -2.25. The Morgan fingerprint density at radius 1 is 0.603 bits per heavy atom. The normalized spacial score (nSPS) is 12.4. The summed E-state index contributed by atoms with van der Waals surface area (Å²) in [6, 6.07) is 21.3. The fourth-order valence-corrected chi connectivity index (χ4v) is 14.2. The Bertz CT molecular complexity index is 2260. The molecule has 0 amide bonds. The van der Waals surface area contributed by atoms with Crippen LogP contribution in [0.5, 0.6) is 0 Å². The van der Waals surface area contributed by atoms with Crippen molar-refractivity contribution in [2.24, 2.45) is 5.92 Å². The maximum Gasteiger partial charge on any atom is 0.114 e. The second-order valence-electron chi connectivity index (χ2n) is 16.2. The number of unbranched alkanes of at least 4 members (excludes halogenated alkanes) is 11. The summed E-state index contributed by atoms with van der Waals surface area (Å²) in [7, 11) is 2.06. The third kappa shape index (κ3) is 10.4. The number of hydrogen-bond acceptors (Lipinski definition) is 9. The molecule has 0 fully saturated rings. The predicted molar refractivity (Wildman–Crippen MR) is 266 cm³/mol. The van der Waals surface area contributed by atoms with Crippen molar-refractivity contribution in [3.05, 3.63) is 59.5 Å². The highest BCUT2D eigenvalue weighted by Gasteiger charge is 2.22. The number of benzene rings is 2. The molecular weight excluding hydrogens is 805 g/mol. The molecule has 1 atom stereocenters. The van der Waals surface area contributed by atoms with Gasteiger partial charge in [-0.25, -0.2) is 0 Å². The zero-order valence-corrected chi connectivity index (χ0v) is 39.7. The minimum absolute atomic E-state index is 0.795. The van der Waals surface area contributed by atoms with E-state index in [9.17, 15) is 0 Å². The average Bonchev–Trinajstić information content (AvgIpc) is 4.08. The molecule has 310 valence electrons. The number of anilines is 2. The number of rotatable bonds is 25. The SMILES string of the molecule is CCCCCCCCN(CCCCCCCC)c1ccc(-c2cc3sc(-c4ccc(-c5cc6sc(CC(CC)CCCC)cc6s5)c5nsnc45)c(NC)c3s2)cc1. The fraction of sp³-hybridized carbons (Fsp3) is 0.510. The maximum absolute atomic E-state index is 4.91. The highest BCUT2D eigenvalue weighted by Crippen LogP contribution is 2.51. The predicted octanol–water partition coefficient (Wildman–Crippen LogP) is 17.6. The van der Waals surface area contributed by atoms with Gasteiger partial charge < -0.3 is 10.2 Å². The zero-order valence-electron chi connectivity index (χ0n) is 35.6. The van der Waals surface area contributed by atoms with Crippen LogP contribution in [0.3, 0.4) is 0 Å². The van der Waals surface area contributed by atoms with Gasteiger partial charge in [0, 0.05) is 65.7 Å². The Labute approximate surface area is 368 Å². The van der Waals surface area contributed by atoms with Crippen LogP contribution in [0.25, 0.3) is 61.2 Å². The topological polar surface area (TPSA) is 41.1 Å². The molecule has 0 radical (unpaired) electrons. The number of aromatic nitrogens is 2. The molecule has 0 aliphatic rings. The van der Waals surface area contributed by atoms with E-state index in [1.807, 2.05) is 45.3 Å². The lowest BCUT2D eigenvalue weighted by Gasteiger charge is -2.25. The molecule has 7 aromatic rings. The Balaban J connectivity index is 1.07. The van der Waals surface area contributed by atoms with Crippen LogP contribution in [0.2, 0.25) is 0 Å². The van der Waals surface area contributed by atoms with Gasteiger partial charge in [0.15, 0.2) is 0 Å². The van der Waals surface area contributed by atoms with E-state index in [2.05, 4.69) is 99.6 Å². The molecule has 7 rings (SSSR count). The maximum atomic E-state index is 4.91. The quantitative estimate of drug-likeness (QED) is 0.0581. The van der Waals surface area contributed by atoms with E-state index >= 15 is 0 Å². The van der Waals surface area contributed by atoms with Gasteiger partial charge in [-0.15, -0.1) is 45.3 Å². The molecule has 1 unspecified atom stereocenters. The molecule has 0 spiro atoms. The first kappa shape index (κ1) is 43.3. The smallest absolute Gasteiger partial charge is 0.114 e. The molecular formula is C49H64N4S5. The van der Waals surface area contributed by atoms with Crippen molar-refractivity contribution in [1.29, 1.82) is 0 Å². The van der Waals surface area contributed by atoms with Gasteiger partial charge in [0.2, 0.25) is 0 Å². The molecule has 0 aliphatic heterocycles. The Morgan fingerprint density at radius 2 is 1.22 bits per heavy atom. The van der Waals surface area contributed by atoms with Crippen LogP contribution < -0.4 is 10.2 Å². The summed E-state index contributed by atoms with van der Waals surface area (Å²) in [5.41, 5.74) is 8.28. The van der Waals surface area contributed by atoms with E-state index in [-0.39, 0.29) is 0 Å². The number of fused-ring (bicyclic) bond motifs is 3. The number of nitrogens with zero attached hydrogens (tertiary/aromatic N) is 3. The van der Waals surface area contributed by atoms with Crippen molar-refractivity contribution in [2.45, 2.75) is 137 Å². The largest absolute Gasteiger partial charge is 0.386 e. The first-order chi connectivity index (χ1) is 28.5. The van der Waals surface area contributed by atoms with E-state index in [1.165, 1.54) is 187 Å². The molecule has 4 nitrogen and oxygen atoms in total. The van der Waals surface area contributed by atoms with Crippen molar-refractivity contribution in [3.63, 3.8) is 0 Å². The summed E-state index contributed by atoms with van der Waals surface area (Å²) in [5, 5.41) is 3.60. The molecule has 1 N–H and O–H groups in total. The van der Waals surface area contributed by atoms with Crippen LogP contribution >= 0.6 is 57.1 Å². The fourth-order valence-electron chi connectivity index (χ4n) is 8.42. The first-order valence-corrected chi connectivity index (χ1v) is 26.4. The van der Waals surface area contributed by atoms with Crippen LogP contribution in [-0.2, 0) is 6.42 Å². The zero-order chi connectivity index (χ0) is 40.3. The lowest BCUT2D eigenvalue weighted by atomic mass is 9.95. The van der Waals surface area contributed by atoms with Gasteiger partial charge in [0.1, 0.15) is 11.0 Å². The average molecular weight is 869 g/mol. The highest BCUT2D eigenvalue weighted by molar-refractivity contribution is 7.32. The standard InChI is InChI=1S/C49H64N4S5/c1-6-10-13-15-17-19-28-53(29-20-18-16-14-11-7-2)36-24-22-35(23-25-36)40-32-44-49(56-40)47(50-5)48(57-44)39-27-26-38(45-46(39)52-58-51-45)41-33-43-42(55-41)31-37(54-43)30-34(9-4)21-12-8-3/h22-27,31-34,50H,6-21,28-30H2,1-5H3. The molecule has 0 aliphatic carbocycles. The molecule has 9 heteroatoms. The van der Waals surface area contributed by atoms with Gasteiger partial charge in [0.05, 0.1) is 27.0 Å². The monoisotopic (exact) mass is 868 g/mol. The number of thiophene rings is 4. The van der Waals surface area contributed by atoms with Crippen LogP contribution in [0.4, 0.5) is 11.4 Å². The molecule has 5 heterocycles. The third-order valence-corrected chi connectivity index (χ3v) is 17.3. The van der Waals surface area contributed by atoms with Gasteiger partial charge in [-0.3, -0.25) is 0 Å². The summed E-state index contributed by atoms with van der Waals surface area (Å²) >= 11 is 9.00. The third-order valence-electron chi connectivity index (χ3n) is 11.9. The summed E-state index contributed by atoms with van der Waals surface area (Å²) in [6.45, 7) is 11.6. The minimum Gasteiger partial charge on any atom is -0.386 e. The molecule has 0 bridgehead atoms. The van der Waals surface area contributed by atoms with Crippen molar-refractivity contribution in [1.82, 2.24) is 8.75 Å².